The van der Waals surface area contributed by atoms with Gasteiger partial charge in [-0.25, -0.2) is 4.39 Å². The van der Waals surface area contributed by atoms with Gasteiger partial charge in [0.05, 0.1) is 0 Å². The predicted octanol–water partition coefficient (Wildman–Crippen LogP) is 4.76. The van der Waals surface area contributed by atoms with Gasteiger partial charge in [0.2, 0.25) is 0 Å². The monoisotopic (exact) mass is 220 g/mol. The van der Waals surface area contributed by atoms with Crippen LogP contribution in [-0.4, -0.2) is 0 Å². The van der Waals surface area contributed by atoms with Gasteiger partial charge in [0.15, 0.2) is 0 Å². The van der Waals surface area contributed by atoms with E-state index in [2.05, 4.69) is 19.9 Å². The van der Waals surface area contributed by atoms with Crippen molar-refractivity contribution >= 4 is 0 Å². The van der Waals surface area contributed by atoms with Crippen molar-refractivity contribution < 1.29 is 4.39 Å². The van der Waals surface area contributed by atoms with Crippen molar-refractivity contribution in [3.8, 4) is 0 Å². The maximum atomic E-state index is 13.2. The molecule has 0 radical (unpaired) electrons. The van der Waals surface area contributed by atoms with Crippen LogP contribution in [0.4, 0.5) is 4.39 Å². The molecule has 0 aromatic heterocycles. The molecule has 1 aromatic rings. The summed E-state index contributed by atoms with van der Waals surface area (Å²) < 4.78 is 13.2. The second-order valence-corrected chi connectivity index (χ2v) is 5.36. The van der Waals surface area contributed by atoms with E-state index in [0.717, 1.165) is 11.8 Å². The first-order chi connectivity index (χ1) is 7.66. The largest absolute Gasteiger partial charge is 0.207 e. The van der Waals surface area contributed by atoms with Gasteiger partial charge in [0.25, 0.3) is 0 Å². The SMILES string of the molecule is CC1CCC(C(C)c2cccc(F)c2)CC1. The summed E-state index contributed by atoms with van der Waals surface area (Å²) in [4.78, 5) is 0. The van der Waals surface area contributed by atoms with Crippen LogP contribution < -0.4 is 0 Å². The van der Waals surface area contributed by atoms with Gasteiger partial charge in [0, 0.05) is 0 Å². The molecule has 1 aliphatic rings. The third kappa shape index (κ3) is 2.63. The molecule has 88 valence electrons. The molecule has 1 aliphatic carbocycles. The van der Waals surface area contributed by atoms with Gasteiger partial charge in [-0.05, 0) is 48.3 Å². The number of halogens is 1. The highest BCUT2D eigenvalue weighted by Gasteiger charge is 2.24. The fourth-order valence-electron chi connectivity index (χ4n) is 2.85. The van der Waals surface area contributed by atoms with Crippen molar-refractivity contribution in [2.24, 2.45) is 11.8 Å². The summed E-state index contributed by atoms with van der Waals surface area (Å²) in [6, 6.07) is 7.11. The molecule has 16 heavy (non-hydrogen) atoms. The Labute approximate surface area is 97.9 Å². The van der Waals surface area contributed by atoms with E-state index < -0.39 is 0 Å². The molecular formula is C15H21F. The van der Waals surface area contributed by atoms with Crippen molar-refractivity contribution in [1.82, 2.24) is 0 Å². The molecule has 0 N–H and O–H groups in total. The second-order valence-electron chi connectivity index (χ2n) is 5.36. The van der Waals surface area contributed by atoms with Gasteiger partial charge in [0.1, 0.15) is 5.82 Å². The van der Waals surface area contributed by atoms with Crippen LogP contribution in [0.15, 0.2) is 24.3 Å². The lowest BCUT2D eigenvalue weighted by molar-refractivity contribution is 0.261. The molecule has 1 atom stereocenters. The van der Waals surface area contributed by atoms with Crippen LogP contribution in [0, 0.1) is 17.7 Å². The Morgan fingerprint density at radius 2 is 1.88 bits per heavy atom. The third-order valence-electron chi connectivity index (χ3n) is 4.14. The highest BCUT2D eigenvalue weighted by Crippen LogP contribution is 2.37. The Balaban J connectivity index is 2.04. The zero-order chi connectivity index (χ0) is 11.5. The number of hydrogen-bond acceptors (Lipinski definition) is 0. The van der Waals surface area contributed by atoms with E-state index in [-0.39, 0.29) is 5.82 Å². The van der Waals surface area contributed by atoms with E-state index in [0.29, 0.717) is 5.92 Å². The molecule has 1 fully saturated rings. The lowest BCUT2D eigenvalue weighted by Crippen LogP contribution is -2.17. The minimum Gasteiger partial charge on any atom is -0.207 e. The maximum Gasteiger partial charge on any atom is 0.123 e. The lowest BCUT2D eigenvalue weighted by Gasteiger charge is -2.31. The molecule has 0 bridgehead atoms. The summed E-state index contributed by atoms with van der Waals surface area (Å²) >= 11 is 0. The van der Waals surface area contributed by atoms with Crippen LogP contribution in [0.2, 0.25) is 0 Å². The minimum absolute atomic E-state index is 0.103. The number of hydrogen-bond donors (Lipinski definition) is 0. The zero-order valence-electron chi connectivity index (χ0n) is 10.2. The van der Waals surface area contributed by atoms with E-state index >= 15 is 0 Å². The summed E-state index contributed by atoms with van der Waals surface area (Å²) in [5, 5.41) is 0. The van der Waals surface area contributed by atoms with Crippen LogP contribution in [0.25, 0.3) is 0 Å². The molecule has 0 saturated heterocycles. The van der Waals surface area contributed by atoms with Crippen LogP contribution in [0.5, 0.6) is 0 Å². The Kier molecular flexibility index (Phi) is 3.63. The first kappa shape index (κ1) is 11.6. The standard InChI is InChI=1S/C15H21F/c1-11-6-8-13(9-7-11)12(2)14-4-3-5-15(16)10-14/h3-5,10-13H,6-9H2,1-2H3. The molecule has 1 heteroatoms. The van der Waals surface area contributed by atoms with E-state index in [9.17, 15) is 4.39 Å². The van der Waals surface area contributed by atoms with Gasteiger partial charge in [-0.15, -0.1) is 0 Å². The summed E-state index contributed by atoms with van der Waals surface area (Å²) in [6.07, 6.45) is 5.28. The zero-order valence-corrected chi connectivity index (χ0v) is 10.2. The molecule has 1 aromatic carbocycles. The smallest absolute Gasteiger partial charge is 0.123 e. The fraction of sp³-hybridized carbons (Fsp3) is 0.600. The highest BCUT2D eigenvalue weighted by atomic mass is 19.1. The Hall–Kier alpha value is -0.850. The van der Waals surface area contributed by atoms with Crippen molar-refractivity contribution in [3.05, 3.63) is 35.6 Å². The number of benzene rings is 1. The van der Waals surface area contributed by atoms with E-state index in [4.69, 9.17) is 0 Å². The third-order valence-corrected chi connectivity index (χ3v) is 4.14. The quantitative estimate of drug-likeness (QED) is 0.674. The molecule has 2 rings (SSSR count). The van der Waals surface area contributed by atoms with E-state index in [1.54, 1.807) is 6.07 Å². The molecule has 0 amide bonds. The van der Waals surface area contributed by atoms with Crippen LogP contribution >= 0.6 is 0 Å². The van der Waals surface area contributed by atoms with Crippen molar-refractivity contribution in [1.29, 1.82) is 0 Å². The van der Waals surface area contributed by atoms with E-state index in [1.807, 2.05) is 6.07 Å². The summed E-state index contributed by atoms with van der Waals surface area (Å²) in [7, 11) is 0. The molecule has 1 saturated carbocycles. The fourth-order valence-corrected chi connectivity index (χ4v) is 2.85. The molecule has 0 spiro atoms. The van der Waals surface area contributed by atoms with Crippen molar-refractivity contribution in [2.45, 2.75) is 45.4 Å². The maximum absolute atomic E-state index is 13.2. The summed E-state index contributed by atoms with van der Waals surface area (Å²) in [6.45, 7) is 4.58. The van der Waals surface area contributed by atoms with Crippen LogP contribution in [0.3, 0.4) is 0 Å². The first-order valence-corrected chi connectivity index (χ1v) is 6.42. The van der Waals surface area contributed by atoms with Gasteiger partial charge >= 0.3 is 0 Å². The van der Waals surface area contributed by atoms with Gasteiger partial charge < -0.3 is 0 Å². The summed E-state index contributed by atoms with van der Waals surface area (Å²) in [5.74, 6) is 2.03. The molecule has 0 aliphatic heterocycles. The van der Waals surface area contributed by atoms with Crippen LogP contribution in [-0.2, 0) is 0 Å². The van der Waals surface area contributed by atoms with Crippen LogP contribution in [0.1, 0.15) is 51.0 Å². The molecule has 0 nitrogen and oxygen atoms in total. The second kappa shape index (κ2) is 4.99. The Morgan fingerprint density at radius 1 is 1.19 bits per heavy atom. The highest BCUT2D eigenvalue weighted by molar-refractivity contribution is 5.20. The first-order valence-electron chi connectivity index (χ1n) is 6.42. The van der Waals surface area contributed by atoms with Gasteiger partial charge in [-0.1, -0.05) is 38.8 Å². The van der Waals surface area contributed by atoms with Crippen molar-refractivity contribution in [3.63, 3.8) is 0 Å². The topological polar surface area (TPSA) is 0 Å². The van der Waals surface area contributed by atoms with Gasteiger partial charge in [-0.3, -0.25) is 0 Å². The van der Waals surface area contributed by atoms with Crippen molar-refractivity contribution in [2.75, 3.05) is 0 Å². The van der Waals surface area contributed by atoms with Gasteiger partial charge in [-0.2, -0.15) is 0 Å². The summed E-state index contributed by atoms with van der Waals surface area (Å²) in [5.41, 5.74) is 1.17. The Bertz CT molecular complexity index is 337. The average molecular weight is 220 g/mol. The molecule has 0 heterocycles. The normalized spacial score (nSPS) is 27.7. The molecular weight excluding hydrogens is 199 g/mol. The molecule has 1 unspecified atom stereocenters. The number of rotatable bonds is 2. The van der Waals surface area contributed by atoms with E-state index in [1.165, 1.54) is 37.3 Å². The predicted molar refractivity (Wildman–Crippen MR) is 65.9 cm³/mol. The minimum atomic E-state index is -0.103. The lowest BCUT2D eigenvalue weighted by atomic mass is 9.75. The Morgan fingerprint density at radius 3 is 2.50 bits per heavy atom. The average Bonchev–Trinajstić information content (AvgIpc) is 2.29.